The molecule has 0 unspecified atom stereocenters. The molecule has 2 aliphatic rings. The van der Waals surface area contributed by atoms with Crippen molar-refractivity contribution in [1.29, 1.82) is 0 Å². The van der Waals surface area contributed by atoms with Crippen molar-refractivity contribution in [3.63, 3.8) is 0 Å². The van der Waals surface area contributed by atoms with E-state index >= 15 is 0 Å². The zero-order valence-corrected chi connectivity index (χ0v) is 13.6. The van der Waals surface area contributed by atoms with Gasteiger partial charge >= 0.3 is 0 Å². The zero-order valence-electron chi connectivity index (χ0n) is 13.6. The molecule has 1 saturated heterocycles. The second-order valence-electron chi connectivity index (χ2n) is 6.75. The molecule has 1 aromatic heterocycles. The fraction of sp³-hybridized carbons (Fsp3) is 0.444. The lowest BCUT2D eigenvalue weighted by atomic mass is 10.1. The summed E-state index contributed by atoms with van der Waals surface area (Å²) in [5, 5.41) is 7.31. The number of hydrogen-bond donors (Lipinski definition) is 1. The number of piperidine rings is 1. The number of amides is 1. The average Bonchev–Trinajstić information content (AvgIpc) is 3.24. The quantitative estimate of drug-likeness (QED) is 0.948. The van der Waals surface area contributed by atoms with Gasteiger partial charge in [-0.25, -0.2) is 0 Å². The maximum Gasteiger partial charge on any atom is 0.276 e. The molecule has 23 heavy (non-hydrogen) atoms. The van der Waals surface area contributed by atoms with Crippen LogP contribution in [-0.2, 0) is 7.05 Å². The summed E-state index contributed by atoms with van der Waals surface area (Å²) in [7, 11) is 1.85. The van der Waals surface area contributed by atoms with Gasteiger partial charge in [0.25, 0.3) is 5.91 Å². The van der Waals surface area contributed by atoms with Gasteiger partial charge < -0.3 is 10.2 Å². The summed E-state index contributed by atoms with van der Waals surface area (Å²) in [4.78, 5) is 15.0. The van der Waals surface area contributed by atoms with Crippen LogP contribution < -0.4 is 10.2 Å². The van der Waals surface area contributed by atoms with E-state index in [0.717, 1.165) is 29.5 Å². The van der Waals surface area contributed by atoms with Gasteiger partial charge in [-0.15, -0.1) is 0 Å². The SMILES string of the molecule is Cc1cc(C(=O)Nc2ccccc2N2C[C@H]3CC[C@H]2C3)nn1C. The number of carbonyl (C=O) groups excluding carboxylic acids is 1. The Kier molecular flexibility index (Phi) is 3.36. The van der Waals surface area contributed by atoms with E-state index in [1.807, 2.05) is 38.2 Å². The minimum Gasteiger partial charge on any atom is -0.367 e. The number of aromatic nitrogens is 2. The van der Waals surface area contributed by atoms with Crippen molar-refractivity contribution in [3.8, 4) is 0 Å². The minimum absolute atomic E-state index is 0.148. The molecular weight excluding hydrogens is 288 g/mol. The Morgan fingerprint density at radius 3 is 2.78 bits per heavy atom. The van der Waals surface area contributed by atoms with E-state index in [1.54, 1.807) is 4.68 Å². The number of nitrogens with one attached hydrogen (secondary N) is 1. The Hall–Kier alpha value is -2.30. The van der Waals surface area contributed by atoms with E-state index in [2.05, 4.69) is 21.4 Å². The predicted octanol–water partition coefficient (Wildman–Crippen LogP) is 2.97. The number of para-hydroxylation sites is 2. The van der Waals surface area contributed by atoms with Crippen molar-refractivity contribution < 1.29 is 4.79 Å². The van der Waals surface area contributed by atoms with Crippen LogP contribution in [0.25, 0.3) is 0 Å². The second-order valence-corrected chi connectivity index (χ2v) is 6.75. The number of benzene rings is 1. The number of aryl methyl sites for hydroxylation is 2. The third-order valence-corrected chi connectivity index (χ3v) is 5.22. The van der Waals surface area contributed by atoms with Crippen LogP contribution in [0.15, 0.2) is 30.3 Å². The molecule has 1 saturated carbocycles. The van der Waals surface area contributed by atoms with Crippen LogP contribution in [0.4, 0.5) is 11.4 Å². The summed E-state index contributed by atoms with van der Waals surface area (Å²) >= 11 is 0. The van der Waals surface area contributed by atoms with Gasteiger partial charge in [-0.1, -0.05) is 12.1 Å². The minimum atomic E-state index is -0.148. The lowest BCUT2D eigenvalue weighted by Crippen LogP contribution is -2.32. The molecule has 4 rings (SSSR count). The second kappa shape index (κ2) is 5.41. The number of carbonyl (C=O) groups is 1. The molecule has 0 spiro atoms. The molecule has 5 heteroatoms. The topological polar surface area (TPSA) is 50.2 Å². The third kappa shape index (κ3) is 2.50. The van der Waals surface area contributed by atoms with E-state index < -0.39 is 0 Å². The number of rotatable bonds is 3. The van der Waals surface area contributed by atoms with E-state index in [9.17, 15) is 4.79 Å². The van der Waals surface area contributed by atoms with Crippen LogP contribution in [0.3, 0.4) is 0 Å². The molecule has 2 aromatic rings. The maximum absolute atomic E-state index is 12.5. The van der Waals surface area contributed by atoms with Crippen LogP contribution in [0, 0.1) is 12.8 Å². The van der Waals surface area contributed by atoms with Gasteiger partial charge in [0.2, 0.25) is 0 Å². The number of nitrogens with zero attached hydrogens (tertiary/aromatic N) is 3. The van der Waals surface area contributed by atoms with E-state index in [-0.39, 0.29) is 5.91 Å². The first-order valence-corrected chi connectivity index (χ1v) is 8.29. The zero-order chi connectivity index (χ0) is 16.0. The van der Waals surface area contributed by atoms with Crippen LogP contribution in [0.2, 0.25) is 0 Å². The largest absolute Gasteiger partial charge is 0.367 e. The Morgan fingerprint density at radius 2 is 2.13 bits per heavy atom. The number of anilines is 2. The third-order valence-electron chi connectivity index (χ3n) is 5.22. The van der Waals surface area contributed by atoms with Crippen molar-refractivity contribution >= 4 is 17.3 Å². The molecule has 120 valence electrons. The van der Waals surface area contributed by atoms with E-state index in [1.165, 1.54) is 19.3 Å². The Balaban J connectivity index is 1.58. The highest BCUT2D eigenvalue weighted by Crippen LogP contribution is 2.42. The Labute approximate surface area is 136 Å². The standard InChI is InChI=1S/C18H22N4O/c1-12-9-16(20-21(12)2)18(23)19-15-5-3-4-6-17(15)22-11-13-7-8-14(22)10-13/h3-6,9,13-14H,7-8,10-11H2,1-2H3,(H,19,23)/t13-,14-/m0/s1. The van der Waals surface area contributed by atoms with Crippen LogP contribution in [-0.4, -0.2) is 28.3 Å². The number of fused-ring (bicyclic) bond motifs is 2. The first kappa shape index (κ1) is 14.3. The fourth-order valence-electron chi connectivity index (χ4n) is 3.91. The fourth-order valence-corrected chi connectivity index (χ4v) is 3.91. The van der Waals surface area contributed by atoms with E-state index in [4.69, 9.17) is 0 Å². The summed E-state index contributed by atoms with van der Waals surface area (Å²) in [6.45, 7) is 3.05. The average molecular weight is 310 g/mol. The molecule has 5 nitrogen and oxygen atoms in total. The summed E-state index contributed by atoms with van der Waals surface area (Å²) < 4.78 is 1.72. The van der Waals surface area contributed by atoms with Gasteiger partial charge in [0, 0.05) is 25.3 Å². The molecule has 1 amide bonds. The molecular formula is C18H22N4O. The normalized spacial score (nSPS) is 22.6. The van der Waals surface area contributed by atoms with Crippen LogP contribution >= 0.6 is 0 Å². The number of hydrogen-bond acceptors (Lipinski definition) is 3. The monoisotopic (exact) mass is 310 g/mol. The van der Waals surface area contributed by atoms with Crippen molar-refractivity contribution in [2.75, 3.05) is 16.8 Å². The molecule has 2 atom stereocenters. The first-order chi connectivity index (χ1) is 11.1. The molecule has 1 aliphatic carbocycles. The highest BCUT2D eigenvalue weighted by atomic mass is 16.2. The molecule has 2 heterocycles. The Bertz CT molecular complexity index is 732. The predicted molar refractivity (Wildman–Crippen MR) is 90.8 cm³/mol. The van der Waals surface area contributed by atoms with Gasteiger partial charge in [0.15, 0.2) is 5.69 Å². The van der Waals surface area contributed by atoms with Crippen molar-refractivity contribution in [2.24, 2.45) is 13.0 Å². The van der Waals surface area contributed by atoms with Crippen molar-refractivity contribution in [3.05, 3.63) is 41.7 Å². The van der Waals surface area contributed by atoms with Crippen molar-refractivity contribution in [1.82, 2.24) is 9.78 Å². The summed E-state index contributed by atoms with van der Waals surface area (Å²) in [5.74, 6) is 0.674. The lowest BCUT2D eigenvalue weighted by molar-refractivity contribution is 0.102. The van der Waals surface area contributed by atoms with Gasteiger partial charge in [0.05, 0.1) is 11.4 Å². The molecule has 2 fully saturated rings. The van der Waals surface area contributed by atoms with Gasteiger partial charge in [0.1, 0.15) is 0 Å². The summed E-state index contributed by atoms with van der Waals surface area (Å²) in [6, 6.07) is 10.6. The van der Waals surface area contributed by atoms with Crippen LogP contribution in [0.5, 0.6) is 0 Å². The molecule has 2 bridgehead atoms. The summed E-state index contributed by atoms with van der Waals surface area (Å²) in [5.41, 5.74) is 3.46. The highest BCUT2D eigenvalue weighted by molar-refractivity contribution is 6.04. The lowest BCUT2D eigenvalue weighted by Gasteiger charge is -2.30. The molecule has 1 aliphatic heterocycles. The van der Waals surface area contributed by atoms with Gasteiger partial charge in [-0.05, 0) is 50.3 Å². The maximum atomic E-state index is 12.5. The first-order valence-electron chi connectivity index (χ1n) is 8.29. The smallest absolute Gasteiger partial charge is 0.276 e. The summed E-state index contributed by atoms with van der Waals surface area (Å²) in [6.07, 6.45) is 3.91. The van der Waals surface area contributed by atoms with Gasteiger partial charge in [-0.3, -0.25) is 9.48 Å². The van der Waals surface area contributed by atoms with E-state index in [0.29, 0.717) is 11.7 Å². The molecule has 1 aromatic carbocycles. The highest BCUT2D eigenvalue weighted by Gasteiger charge is 2.38. The molecule has 0 radical (unpaired) electrons. The van der Waals surface area contributed by atoms with Gasteiger partial charge in [-0.2, -0.15) is 5.10 Å². The Morgan fingerprint density at radius 1 is 1.30 bits per heavy atom. The van der Waals surface area contributed by atoms with Crippen LogP contribution in [0.1, 0.15) is 35.4 Å². The molecule has 1 N–H and O–H groups in total. The van der Waals surface area contributed by atoms with Crippen molar-refractivity contribution in [2.45, 2.75) is 32.2 Å².